The van der Waals surface area contributed by atoms with E-state index >= 15 is 0 Å². The van der Waals surface area contributed by atoms with E-state index in [1.807, 2.05) is 13.8 Å². The first-order valence-electron chi connectivity index (χ1n) is 6.17. The molecule has 0 aromatic carbocycles. The van der Waals surface area contributed by atoms with Crippen molar-refractivity contribution >= 4 is 5.91 Å². The molecule has 1 heterocycles. The van der Waals surface area contributed by atoms with Crippen molar-refractivity contribution in [1.29, 1.82) is 0 Å². The van der Waals surface area contributed by atoms with Gasteiger partial charge in [-0.05, 0) is 38.6 Å². The average Bonchev–Trinajstić information content (AvgIpc) is 2.29. The Balaban J connectivity index is 2.51. The van der Waals surface area contributed by atoms with Gasteiger partial charge in [0, 0.05) is 0 Å². The zero-order valence-corrected chi connectivity index (χ0v) is 10.5. The second-order valence-electron chi connectivity index (χ2n) is 5.20. The predicted octanol–water partition coefficient (Wildman–Crippen LogP) is 0.652. The Labute approximate surface area is 97.8 Å². The van der Waals surface area contributed by atoms with Crippen LogP contribution in [-0.4, -0.2) is 35.7 Å². The van der Waals surface area contributed by atoms with Crippen molar-refractivity contribution < 1.29 is 9.90 Å². The van der Waals surface area contributed by atoms with Gasteiger partial charge in [0.05, 0.1) is 18.2 Å². The van der Waals surface area contributed by atoms with Gasteiger partial charge in [-0.3, -0.25) is 4.79 Å². The van der Waals surface area contributed by atoms with Crippen molar-refractivity contribution in [3.05, 3.63) is 0 Å². The van der Waals surface area contributed by atoms with E-state index in [1.165, 1.54) is 0 Å². The van der Waals surface area contributed by atoms with Gasteiger partial charge in [0.25, 0.3) is 0 Å². The molecule has 3 atom stereocenters. The Kier molecular flexibility index (Phi) is 4.74. The predicted molar refractivity (Wildman–Crippen MR) is 64.1 cm³/mol. The van der Waals surface area contributed by atoms with E-state index in [-0.39, 0.29) is 18.6 Å². The summed E-state index contributed by atoms with van der Waals surface area (Å²) in [7, 11) is 0. The molecule has 4 nitrogen and oxygen atoms in total. The number of piperidine rings is 1. The fourth-order valence-corrected chi connectivity index (χ4v) is 1.93. The van der Waals surface area contributed by atoms with E-state index in [0.29, 0.717) is 5.92 Å². The summed E-state index contributed by atoms with van der Waals surface area (Å²) >= 11 is 0. The number of carbonyl (C=O) groups excluding carboxylic acids is 1. The minimum atomic E-state index is -0.487. The molecule has 1 fully saturated rings. The van der Waals surface area contributed by atoms with Crippen molar-refractivity contribution in [3.8, 4) is 0 Å². The van der Waals surface area contributed by atoms with Crippen LogP contribution in [0.3, 0.4) is 0 Å². The molecule has 1 amide bonds. The van der Waals surface area contributed by atoms with Crippen molar-refractivity contribution in [3.63, 3.8) is 0 Å². The molecule has 16 heavy (non-hydrogen) atoms. The molecule has 1 aliphatic heterocycles. The maximum absolute atomic E-state index is 12.0. The molecule has 0 aromatic heterocycles. The number of rotatable bonds is 4. The van der Waals surface area contributed by atoms with E-state index in [4.69, 9.17) is 0 Å². The minimum absolute atomic E-state index is 0.0164. The SMILES string of the molecule is CCC(C)(CO)NC(=O)C1CC(C)CCN1. The summed E-state index contributed by atoms with van der Waals surface area (Å²) < 4.78 is 0. The summed E-state index contributed by atoms with van der Waals surface area (Å²) in [6.07, 6.45) is 2.75. The molecule has 1 rings (SSSR count). The molecule has 0 spiro atoms. The lowest BCUT2D eigenvalue weighted by molar-refractivity contribution is -0.126. The third-order valence-corrected chi connectivity index (χ3v) is 3.54. The van der Waals surface area contributed by atoms with E-state index in [0.717, 1.165) is 25.8 Å². The van der Waals surface area contributed by atoms with Crippen molar-refractivity contribution in [2.45, 2.75) is 51.6 Å². The highest BCUT2D eigenvalue weighted by molar-refractivity contribution is 5.82. The molecule has 94 valence electrons. The van der Waals surface area contributed by atoms with Crippen LogP contribution in [0.4, 0.5) is 0 Å². The smallest absolute Gasteiger partial charge is 0.237 e. The molecule has 4 heteroatoms. The number of carbonyl (C=O) groups is 1. The number of hydrogen-bond donors (Lipinski definition) is 3. The van der Waals surface area contributed by atoms with Crippen LogP contribution in [0, 0.1) is 5.92 Å². The maximum Gasteiger partial charge on any atom is 0.237 e. The van der Waals surface area contributed by atoms with Crippen molar-refractivity contribution in [2.75, 3.05) is 13.2 Å². The highest BCUT2D eigenvalue weighted by atomic mass is 16.3. The van der Waals surface area contributed by atoms with E-state index in [1.54, 1.807) is 0 Å². The lowest BCUT2D eigenvalue weighted by Crippen LogP contribution is -2.56. The first-order valence-corrected chi connectivity index (χ1v) is 6.17. The normalized spacial score (nSPS) is 29.5. The first-order chi connectivity index (χ1) is 7.50. The molecule has 3 unspecified atom stereocenters. The Bertz CT molecular complexity index is 239. The number of aliphatic hydroxyl groups excluding tert-OH is 1. The number of nitrogens with one attached hydrogen (secondary N) is 2. The molecular formula is C12H24N2O2. The third-order valence-electron chi connectivity index (χ3n) is 3.54. The monoisotopic (exact) mass is 228 g/mol. The maximum atomic E-state index is 12.0. The van der Waals surface area contributed by atoms with Gasteiger partial charge in [-0.2, -0.15) is 0 Å². The zero-order valence-electron chi connectivity index (χ0n) is 10.5. The summed E-state index contributed by atoms with van der Waals surface area (Å²) in [5.74, 6) is 0.615. The second kappa shape index (κ2) is 5.64. The van der Waals surface area contributed by atoms with Gasteiger partial charge in [-0.15, -0.1) is 0 Å². The Morgan fingerprint density at radius 1 is 1.62 bits per heavy atom. The molecule has 1 saturated heterocycles. The van der Waals surface area contributed by atoms with E-state index in [2.05, 4.69) is 17.6 Å². The second-order valence-corrected chi connectivity index (χ2v) is 5.20. The molecule has 0 aliphatic carbocycles. The molecule has 0 aromatic rings. The van der Waals surface area contributed by atoms with Crippen LogP contribution in [0.15, 0.2) is 0 Å². The first kappa shape index (κ1) is 13.5. The molecule has 3 N–H and O–H groups in total. The summed E-state index contributed by atoms with van der Waals surface area (Å²) in [6, 6.07) is -0.0961. The van der Waals surface area contributed by atoms with Crippen LogP contribution in [0.25, 0.3) is 0 Å². The van der Waals surface area contributed by atoms with Gasteiger partial charge in [-0.25, -0.2) is 0 Å². The number of amides is 1. The van der Waals surface area contributed by atoms with E-state index in [9.17, 15) is 9.90 Å². The van der Waals surface area contributed by atoms with Gasteiger partial charge >= 0.3 is 0 Å². The van der Waals surface area contributed by atoms with Crippen molar-refractivity contribution in [1.82, 2.24) is 10.6 Å². The van der Waals surface area contributed by atoms with Crippen molar-refractivity contribution in [2.24, 2.45) is 5.92 Å². The quantitative estimate of drug-likeness (QED) is 0.662. The number of aliphatic hydroxyl groups is 1. The van der Waals surface area contributed by atoms with Crippen LogP contribution < -0.4 is 10.6 Å². The van der Waals surface area contributed by atoms with Gasteiger partial charge in [0.15, 0.2) is 0 Å². The summed E-state index contributed by atoms with van der Waals surface area (Å²) in [6.45, 7) is 6.90. The average molecular weight is 228 g/mol. The van der Waals surface area contributed by atoms with Gasteiger partial charge in [0.1, 0.15) is 0 Å². The highest BCUT2D eigenvalue weighted by Gasteiger charge is 2.29. The fraction of sp³-hybridized carbons (Fsp3) is 0.917. The summed E-state index contributed by atoms with van der Waals surface area (Å²) in [5, 5.41) is 15.4. The topological polar surface area (TPSA) is 61.4 Å². The Hall–Kier alpha value is -0.610. The van der Waals surface area contributed by atoms with Gasteiger partial charge in [-0.1, -0.05) is 13.8 Å². The molecular weight excluding hydrogens is 204 g/mol. The Morgan fingerprint density at radius 2 is 2.31 bits per heavy atom. The third kappa shape index (κ3) is 3.46. The van der Waals surface area contributed by atoms with Crippen LogP contribution in [0.2, 0.25) is 0 Å². The molecule has 1 aliphatic rings. The minimum Gasteiger partial charge on any atom is -0.394 e. The van der Waals surface area contributed by atoms with Crippen LogP contribution in [0.5, 0.6) is 0 Å². The van der Waals surface area contributed by atoms with Crippen LogP contribution in [0.1, 0.15) is 40.0 Å². The highest BCUT2D eigenvalue weighted by Crippen LogP contribution is 2.16. The summed E-state index contributed by atoms with van der Waals surface area (Å²) in [4.78, 5) is 12.0. The molecule has 0 saturated carbocycles. The molecule has 0 bridgehead atoms. The molecule has 0 radical (unpaired) electrons. The lowest BCUT2D eigenvalue weighted by atomic mass is 9.92. The summed E-state index contributed by atoms with van der Waals surface area (Å²) in [5.41, 5.74) is -0.487. The fourth-order valence-electron chi connectivity index (χ4n) is 1.93. The lowest BCUT2D eigenvalue weighted by Gasteiger charge is -2.32. The van der Waals surface area contributed by atoms with E-state index < -0.39 is 5.54 Å². The standard InChI is InChI=1S/C12H24N2O2/c1-4-12(3,8-15)14-11(16)10-7-9(2)5-6-13-10/h9-10,13,15H,4-8H2,1-3H3,(H,14,16). The number of hydrogen-bond acceptors (Lipinski definition) is 3. The Morgan fingerprint density at radius 3 is 2.81 bits per heavy atom. The van der Waals surface area contributed by atoms with Gasteiger partial charge in [0.2, 0.25) is 5.91 Å². The zero-order chi connectivity index (χ0) is 12.2. The van der Waals surface area contributed by atoms with Crippen LogP contribution in [-0.2, 0) is 4.79 Å². The largest absolute Gasteiger partial charge is 0.394 e. The van der Waals surface area contributed by atoms with Gasteiger partial charge < -0.3 is 15.7 Å². The van der Waals surface area contributed by atoms with Crippen LogP contribution >= 0.6 is 0 Å².